The SMILES string of the molecule is CC1(NC(=O)/C=C/c2ccc(Cl)c([N+](=O)[O-])c2)CCS(=O)(=O)C1. The average Bonchev–Trinajstić information content (AvgIpc) is 2.71. The lowest BCUT2D eigenvalue weighted by Crippen LogP contribution is -2.46. The summed E-state index contributed by atoms with van der Waals surface area (Å²) in [6.45, 7) is 1.68. The van der Waals surface area contributed by atoms with Crippen molar-refractivity contribution in [3.63, 3.8) is 0 Å². The second-order valence-corrected chi connectivity index (χ2v) is 8.28. The standard InChI is InChI=1S/C14H15ClN2O5S/c1-14(6-7-23(21,22)9-14)16-13(18)5-3-10-2-4-11(15)12(8-10)17(19)20/h2-5,8H,6-7,9H2,1H3,(H,16,18)/b5-3+. The highest BCUT2D eigenvalue weighted by molar-refractivity contribution is 7.91. The first-order valence-electron chi connectivity index (χ1n) is 6.75. The van der Waals surface area contributed by atoms with Gasteiger partial charge in [-0.25, -0.2) is 8.42 Å². The number of halogens is 1. The van der Waals surface area contributed by atoms with Crippen molar-refractivity contribution in [3.05, 3.63) is 45.0 Å². The summed E-state index contributed by atoms with van der Waals surface area (Å²) < 4.78 is 23.0. The van der Waals surface area contributed by atoms with Crippen LogP contribution in [-0.4, -0.2) is 36.3 Å². The number of nitrogens with zero attached hydrogens (tertiary/aromatic N) is 1. The van der Waals surface area contributed by atoms with Gasteiger partial charge in [-0.3, -0.25) is 14.9 Å². The Morgan fingerprint density at radius 3 is 2.74 bits per heavy atom. The fourth-order valence-electron chi connectivity index (χ4n) is 2.39. The minimum atomic E-state index is -3.11. The van der Waals surface area contributed by atoms with Crippen molar-refractivity contribution < 1.29 is 18.1 Å². The van der Waals surface area contributed by atoms with E-state index in [-0.39, 0.29) is 22.2 Å². The molecule has 0 aliphatic carbocycles. The minimum absolute atomic E-state index is 0.0141. The summed E-state index contributed by atoms with van der Waals surface area (Å²) in [5, 5.41) is 13.5. The molecule has 0 spiro atoms. The van der Waals surface area contributed by atoms with Gasteiger partial charge in [-0.2, -0.15) is 0 Å². The molecular formula is C14H15ClN2O5S. The highest BCUT2D eigenvalue weighted by Crippen LogP contribution is 2.26. The van der Waals surface area contributed by atoms with Gasteiger partial charge in [0.2, 0.25) is 5.91 Å². The van der Waals surface area contributed by atoms with E-state index in [2.05, 4.69) is 5.32 Å². The van der Waals surface area contributed by atoms with Gasteiger partial charge in [-0.15, -0.1) is 0 Å². The van der Waals surface area contributed by atoms with Crippen LogP contribution in [0, 0.1) is 10.1 Å². The predicted octanol–water partition coefficient (Wildman–Crippen LogP) is 1.95. The molecule has 2 rings (SSSR count). The summed E-state index contributed by atoms with van der Waals surface area (Å²) >= 11 is 5.71. The van der Waals surface area contributed by atoms with Crippen molar-refractivity contribution in [1.29, 1.82) is 0 Å². The van der Waals surface area contributed by atoms with Crippen molar-refractivity contribution in [2.45, 2.75) is 18.9 Å². The average molecular weight is 359 g/mol. The summed E-state index contributed by atoms with van der Waals surface area (Å²) in [6, 6.07) is 4.18. The first-order chi connectivity index (χ1) is 10.6. The van der Waals surface area contributed by atoms with Crippen LogP contribution in [0.1, 0.15) is 18.9 Å². The molecule has 1 aromatic carbocycles. The third kappa shape index (κ3) is 4.52. The Kier molecular flexibility index (Phi) is 4.76. The minimum Gasteiger partial charge on any atom is -0.346 e. The van der Waals surface area contributed by atoms with E-state index in [4.69, 9.17) is 11.6 Å². The molecule has 7 nitrogen and oxygen atoms in total. The molecule has 1 fully saturated rings. The maximum absolute atomic E-state index is 11.9. The molecule has 0 radical (unpaired) electrons. The topological polar surface area (TPSA) is 106 Å². The third-order valence-electron chi connectivity index (χ3n) is 3.52. The Hall–Kier alpha value is -1.93. The van der Waals surface area contributed by atoms with Crippen molar-refractivity contribution in [2.75, 3.05) is 11.5 Å². The summed E-state index contributed by atoms with van der Waals surface area (Å²) in [7, 11) is -3.11. The van der Waals surface area contributed by atoms with E-state index in [1.54, 1.807) is 13.0 Å². The molecule has 0 aromatic heterocycles. The highest BCUT2D eigenvalue weighted by atomic mass is 35.5. The number of hydrogen-bond donors (Lipinski definition) is 1. The molecule has 0 saturated carbocycles. The Labute approximate surface area is 138 Å². The number of hydrogen-bond acceptors (Lipinski definition) is 5. The number of nitro benzene ring substituents is 1. The van der Waals surface area contributed by atoms with Gasteiger partial charge in [-0.1, -0.05) is 17.7 Å². The fraction of sp³-hybridized carbons (Fsp3) is 0.357. The van der Waals surface area contributed by atoms with E-state index < -0.39 is 26.2 Å². The van der Waals surface area contributed by atoms with Crippen LogP contribution in [0.5, 0.6) is 0 Å². The molecule has 124 valence electrons. The Balaban J connectivity index is 2.07. The Morgan fingerprint density at radius 1 is 1.48 bits per heavy atom. The van der Waals surface area contributed by atoms with Crippen LogP contribution >= 0.6 is 11.6 Å². The van der Waals surface area contributed by atoms with E-state index in [0.717, 1.165) is 0 Å². The second-order valence-electron chi connectivity index (χ2n) is 5.69. The molecule has 1 amide bonds. The number of carbonyl (C=O) groups excluding carboxylic acids is 1. The Morgan fingerprint density at radius 2 is 2.17 bits per heavy atom. The monoisotopic (exact) mass is 358 g/mol. The molecule has 0 bridgehead atoms. The molecule has 1 atom stereocenters. The van der Waals surface area contributed by atoms with E-state index in [1.807, 2.05) is 0 Å². The van der Waals surface area contributed by atoms with Crippen LogP contribution in [-0.2, 0) is 14.6 Å². The quantitative estimate of drug-likeness (QED) is 0.503. The highest BCUT2D eigenvalue weighted by Gasteiger charge is 2.39. The second kappa shape index (κ2) is 6.29. The number of nitrogens with one attached hydrogen (secondary N) is 1. The van der Waals surface area contributed by atoms with Gasteiger partial charge < -0.3 is 5.32 Å². The van der Waals surface area contributed by atoms with Gasteiger partial charge in [0.1, 0.15) is 5.02 Å². The molecule has 1 aliphatic rings. The van der Waals surface area contributed by atoms with Gasteiger partial charge in [0.05, 0.1) is 22.0 Å². The number of sulfone groups is 1. The predicted molar refractivity (Wildman–Crippen MR) is 87.0 cm³/mol. The van der Waals surface area contributed by atoms with Gasteiger partial charge in [-0.05, 0) is 31.1 Å². The zero-order valence-electron chi connectivity index (χ0n) is 12.3. The number of carbonyl (C=O) groups is 1. The molecular weight excluding hydrogens is 344 g/mol. The van der Waals surface area contributed by atoms with E-state index >= 15 is 0 Å². The summed E-state index contributed by atoms with van der Waals surface area (Å²) in [4.78, 5) is 22.1. The van der Waals surface area contributed by atoms with E-state index in [9.17, 15) is 23.3 Å². The smallest absolute Gasteiger partial charge is 0.288 e. The summed E-state index contributed by atoms with van der Waals surface area (Å²) in [5.74, 6) is -0.495. The molecule has 1 heterocycles. The lowest BCUT2D eigenvalue weighted by Gasteiger charge is -2.22. The van der Waals surface area contributed by atoms with Crippen LogP contribution in [0.2, 0.25) is 5.02 Å². The van der Waals surface area contributed by atoms with Gasteiger partial charge >= 0.3 is 0 Å². The molecule has 23 heavy (non-hydrogen) atoms. The van der Waals surface area contributed by atoms with Crippen LogP contribution in [0.3, 0.4) is 0 Å². The Bertz CT molecular complexity index is 790. The fourth-order valence-corrected chi connectivity index (χ4v) is 4.67. The summed E-state index contributed by atoms with van der Waals surface area (Å²) in [5.41, 5.74) is -0.588. The third-order valence-corrected chi connectivity index (χ3v) is 5.75. The maximum atomic E-state index is 11.9. The molecule has 1 aromatic rings. The van der Waals surface area contributed by atoms with E-state index in [0.29, 0.717) is 12.0 Å². The van der Waals surface area contributed by atoms with Crippen molar-refractivity contribution in [1.82, 2.24) is 5.32 Å². The van der Waals surface area contributed by atoms with Crippen molar-refractivity contribution in [2.24, 2.45) is 0 Å². The molecule has 1 N–H and O–H groups in total. The molecule has 1 aliphatic heterocycles. The molecule has 1 unspecified atom stereocenters. The van der Waals surface area contributed by atoms with Crippen molar-refractivity contribution >= 4 is 39.1 Å². The number of nitro groups is 1. The maximum Gasteiger partial charge on any atom is 0.288 e. The van der Waals surface area contributed by atoms with Gasteiger partial charge in [0.15, 0.2) is 9.84 Å². The first-order valence-corrected chi connectivity index (χ1v) is 8.95. The lowest BCUT2D eigenvalue weighted by molar-refractivity contribution is -0.384. The van der Waals surface area contributed by atoms with Crippen LogP contribution in [0.4, 0.5) is 5.69 Å². The normalized spacial score (nSPS) is 23.0. The van der Waals surface area contributed by atoms with Gasteiger partial charge in [0, 0.05) is 12.1 Å². The molecule has 9 heteroatoms. The van der Waals surface area contributed by atoms with Crippen LogP contribution in [0.15, 0.2) is 24.3 Å². The zero-order valence-corrected chi connectivity index (χ0v) is 13.9. The number of amides is 1. The number of rotatable bonds is 4. The zero-order chi connectivity index (χ0) is 17.3. The van der Waals surface area contributed by atoms with Crippen molar-refractivity contribution in [3.8, 4) is 0 Å². The first kappa shape index (κ1) is 17.4. The largest absolute Gasteiger partial charge is 0.346 e. The van der Waals surface area contributed by atoms with E-state index in [1.165, 1.54) is 24.3 Å². The lowest BCUT2D eigenvalue weighted by atomic mass is 10.0. The van der Waals surface area contributed by atoms with Gasteiger partial charge in [0.25, 0.3) is 5.69 Å². The van der Waals surface area contributed by atoms with Crippen LogP contribution < -0.4 is 5.32 Å². The van der Waals surface area contributed by atoms with Crippen LogP contribution in [0.25, 0.3) is 6.08 Å². The number of benzene rings is 1. The summed E-state index contributed by atoms with van der Waals surface area (Å²) in [6.07, 6.45) is 2.98. The molecule has 1 saturated heterocycles.